The number of imide groups is 1. The lowest BCUT2D eigenvalue weighted by atomic mass is 9.77. The van der Waals surface area contributed by atoms with Crippen LogP contribution in [0.3, 0.4) is 0 Å². The van der Waals surface area contributed by atoms with Gasteiger partial charge >= 0.3 is 6.03 Å². The van der Waals surface area contributed by atoms with Gasteiger partial charge in [-0.05, 0) is 113 Å². The van der Waals surface area contributed by atoms with Crippen LogP contribution in [0.5, 0.6) is 0 Å². The maximum atomic E-state index is 14.2. The number of benzene rings is 2. The third-order valence-corrected chi connectivity index (χ3v) is 17.0. The number of hydrogen-bond donors (Lipinski definition) is 8. The number of primary amides is 1. The Hall–Kier alpha value is -5.75. The minimum Gasteiger partial charge on any atom is -0.379 e. The average Bonchev–Trinajstić information content (AvgIpc) is 2.61. The van der Waals surface area contributed by atoms with Gasteiger partial charge in [-0.1, -0.05) is 98.7 Å². The molecular formula is C61H98N10O11S. The van der Waals surface area contributed by atoms with E-state index >= 15 is 0 Å². The summed E-state index contributed by atoms with van der Waals surface area (Å²) in [6.07, 6.45) is 6.94. The van der Waals surface area contributed by atoms with Crippen molar-refractivity contribution in [3.05, 3.63) is 83.0 Å². The molecule has 22 heteroatoms. The van der Waals surface area contributed by atoms with Crippen LogP contribution >= 0.6 is 0 Å². The number of nitrogens with one attached hydrogen (secondary N) is 7. The quantitative estimate of drug-likeness (QED) is 0.0252. The lowest BCUT2D eigenvalue weighted by Crippen LogP contribution is -2.56. The molecule has 464 valence electrons. The van der Waals surface area contributed by atoms with Gasteiger partial charge in [-0.25, -0.2) is 17.9 Å². The van der Waals surface area contributed by atoms with Gasteiger partial charge in [0.2, 0.25) is 11.8 Å². The number of amides is 7. The third-order valence-electron chi connectivity index (χ3n) is 15.5. The molecule has 1 aliphatic carbocycles. The summed E-state index contributed by atoms with van der Waals surface area (Å²) in [6, 6.07) is 12.1. The molecule has 0 fully saturated rings. The number of hydrogen-bond acceptors (Lipinski definition) is 15. The van der Waals surface area contributed by atoms with Crippen molar-refractivity contribution in [2.75, 3.05) is 78.7 Å². The normalized spacial score (nSPS) is 16.3. The minimum atomic E-state index is -4.35. The molecule has 1 unspecified atom stereocenters. The lowest BCUT2D eigenvalue weighted by Gasteiger charge is -2.44. The van der Waals surface area contributed by atoms with E-state index in [4.69, 9.17) is 19.9 Å². The SMILES string of the molecule is CN[C@H](CN(C)[C@H](CNC(/C=C(\C)C(=O)NS(=O)(=O)c1ccc(N[C@H](COCCOCCOCCC(=O)N[C@@H](C(=O)N[C@H](C)CCCNC(N)=O)C(C)C)N2C(=O)C=CC2=O)c2c1CCCC2)C(C)C)C(C)(C)C)C(C)(C)c1ccccc1. The topological polar surface area (TPSA) is 281 Å². The van der Waals surface area contributed by atoms with Crippen molar-refractivity contribution in [2.45, 2.75) is 168 Å². The molecule has 0 saturated heterocycles. The summed E-state index contributed by atoms with van der Waals surface area (Å²) in [5.74, 6) is -2.51. The van der Waals surface area contributed by atoms with Gasteiger partial charge in [0, 0.05) is 79.0 Å². The fourth-order valence-corrected chi connectivity index (χ4v) is 11.8. The van der Waals surface area contributed by atoms with Gasteiger partial charge in [0.25, 0.3) is 27.7 Å². The smallest absolute Gasteiger partial charge is 0.312 e. The largest absolute Gasteiger partial charge is 0.379 e. The third kappa shape index (κ3) is 21.7. The van der Waals surface area contributed by atoms with Crippen LogP contribution in [0.15, 0.2) is 71.2 Å². The van der Waals surface area contributed by atoms with Crippen molar-refractivity contribution < 1.29 is 51.4 Å². The van der Waals surface area contributed by atoms with E-state index in [2.05, 4.69) is 121 Å². The molecule has 7 amide bonds. The number of ether oxygens (including phenoxy) is 3. The zero-order valence-corrected chi connectivity index (χ0v) is 52.4. The molecule has 1 aliphatic heterocycles. The van der Waals surface area contributed by atoms with Gasteiger partial charge in [-0.2, -0.15) is 0 Å². The molecular weight excluding hydrogens is 1080 g/mol. The summed E-state index contributed by atoms with van der Waals surface area (Å²) in [4.78, 5) is 79.9. The second-order valence-corrected chi connectivity index (χ2v) is 25.9. The summed E-state index contributed by atoms with van der Waals surface area (Å²) in [5, 5.41) is 18.8. The van der Waals surface area contributed by atoms with E-state index in [0.29, 0.717) is 55.6 Å². The van der Waals surface area contributed by atoms with Gasteiger partial charge in [0.1, 0.15) is 12.2 Å². The molecule has 0 bridgehead atoms. The average molecular weight is 1180 g/mol. The molecule has 0 aromatic heterocycles. The highest BCUT2D eigenvalue weighted by Gasteiger charge is 2.37. The molecule has 1 heterocycles. The number of nitrogens with zero attached hydrogens (tertiary/aromatic N) is 2. The van der Waals surface area contributed by atoms with Crippen molar-refractivity contribution >= 4 is 51.3 Å². The number of likely N-dealkylation sites (N-methyl/N-ethyl adjacent to an activating group) is 2. The molecule has 21 nitrogen and oxygen atoms in total. The van der Waals surface area contributed by atoms with E-state index in [1.807, 2.05) is 40.0 Å². The van der Waals surface area contributed by atoms with Crippen LogP contribution in [0.1, 0.15) is 125 Å². The monoisotopic (exact) mass is 1180 g/mol. The number of urea groups is 1. The maximum absolute atomic E-state index is 14.2. The molecule has 2 aliphatic rings. The minimum absolute atomic E-state index is 0.00775. The van der Waals surface area contributed by atoms with Gasteiger partial charge in [-0.3, -0.25) is 28.9 Å². The molecule has 0 radical (unpaired) electrons. The number of carbonyl (C=O) groups excluding carboxylic acids is 6. The van der Waals surface area contributed by atoms with Crippen molar-refractivity contribution in [3.63, 3.8) is 0 Å². The number of anilines is 1. The van der Waals surface area contributed by atoms with Gasteiger partial charge < -0.3 is 56.7 Å². The highest BCUT2D eigenvalue weighted by atomic mass is 32.2. The van der Waals surface area contributed by atoms with Crippen LogP contribution in [0.2, 0.25) is 0 Å². The van der Waals surface area contributed by atoms with Crippen molar-refractivity contribution in [1.29, 1.82) is 0 Å². The molecule has 83 heavy (non-hydrogen) atoms. The Morgan fingerprint density at radius 1 is 0.819 bits per heavy atom. The van der Waals surface area contributed by atoms with Crippen LogP contribution in [0.25, 0.3) is 0 Å². The fraction of sp³-hybridized carbons (Fsp3) is 0.639. The zero-order chi connectivity index (χ0) is 61.7. The molecule has 4 rings (SSSR count). The zero-order valence-electron chi connectivity index (χ0n) is 51.6. The number of fused-ring (bicyclic) bond motifs is 1. The highest BCUT2D eigenvalue weighted by Crippen LogP contribution is 2.35. The van der Waals surface area contributed by atoms with E-state index in [1.165, 1.54) is 23.8 Å². The maximum Gasteiger partial charge on any atom is 0.312 e. The van der Waals surface area contributed by atoms with E-state index in [9.17, 15) is 37.2 Å². The van der Waals surface area contributed by atoms with E-state index < -0.39 is 46.0 Å². The van der Waals surface area contributed by atoms with Crippen LogP contribution < -0.4 is 42.4 Å². The van der Waals surface area contributed by atoms with Crippen molar-refractivity contribution in [1.82, 2.24) is 41.1 Å². The first-order chi connectivity index (χ1) is 39.1. The van der Waals surface area contributed by atoms with Crippen LogP contribution in [-0.2, 0) is 66.5 Å². The fourth-order valence-electron chi connectivity index (χ4n) is 10.5. The summed E-state index contributed by atoms with van der Waals surface area (Å²) < 4.78 is 48.0. The standard InChI is InChI=1S/C61H98N10O11S/c1-40(2)48(65-37-51(60(7,8)9)70(13)38-50(63-12)61(10,11)44-21-15-14-16-22-44)36-42(5)57(75)69-83(78,79)49-26-25-47(45-23-17-18-24-46(45)49)67-52(71-54(73)27-28-55(71)74)39-82-35-34-81-33-32-80-31-29-53(72)68-56(41(3)4)58(76)66-43(6)20-19-30-64-59(62)77/h14-16,21-22,25-28,36,40-41,43,48,50-52,56,63,65,67H,17-20,23-24,29-35,37-39H2,1-13H3,(H,66,76)(H,68,72)(H,69,75)(H3,62,64,77)/b42-36+/t43-,48?,50-,51-,52+,56-/m1/s1. The van der Waals surface area contributed by atoms with Crippen LogP contribution in [-0.4, -0.2) is 164 Å². The van der Waals surface area contributed by atoms with E-state index in [0.717, 1.165) is 24.3 Å². The first-order valence-corrected chi connectivity index (χ1v) is 30.8. The Labute approximate surface area is 494 Å². The van der Waals surface area contributed by atoms with Gasteiger partial charge in [-0.15, -0.1) is 0 Å². The first kappa shape index (κ1) is 69.7. The van der Waals surface area contributed by atoms with Gasteiger partial charge in [0.15, 0.2) is 0 Å². The molecule has 9 N–H and O–H groups in total. The molecule has 0 spiro atoms. The Balaban J connectivity index is 1.32. The molecule has 2 aromatic rings. The lowest BCUT2D eigenvalue weighted by molar-refractivity contribution is -0.140. The highest BCUT2D eigenvalue weighted by molar-refractivity contribution is 7.90. The van der Waals surface area contributed by atoms with Crippen molar-refractivity contribution in [2.24, 2.45) is 23.0 Å². The predicted octanol–water partition coefficient (Wildman–Crippen LogP) is 5.04. The summed E-state index contributed by atoms with van der Waals surface area (Å²) in [7, 11) is -0.195. The summed E-state index contributed by atoms with van der Waals surface area (Å²) in [5.41, 5.74) is 8.16. The number of nitrogens with two attached hydrogens (primary N) is 1. The predicted molar refractivity (Wildman–Crippen MR) is 324 cm³/mol. The Kier molecular flexibility index (Phi) is 27.8. The van der Waals surface area contributed by atoms with Crippen LogP contribution in [0, 0.1) is 17.3 Å². The van der Waals surface area contributed by atoms with Crippen LogP contribution in [0.4, 0.5) is 10.5 Å². The number of carbonyl (C=O) groups is 6. The summed E-state index contributed by atoms with van der Waals surface area (Å²) >= 11 is 0. The van der Waals surface area contributed by atoms with Gasteiger partial charge in [0.05, 0.1) is 44.5 Å². The van der Waals surface area contributed by atoms with Crippen molar-refractivity contribution in [3.8, 4) is 0 Å². The first-order valence-electron chi connectivity index (χ1n) is 29.3. The second-order valence-electron chi connectivity index (χ2n) is 24.2. The summed E-state index contributed by atoms with van der Waals surface area (Å²) in [6.45, 7) is 24.9. The number of sulfonamides is 1. The second kappa shape index (κ2) is 33.1. The Morgan fingerprint density at radius 3 is 2.02 bits per heavy atom. The molecule has 0 saturated carbocycles. The number of rotatable bonds is 36. The Morgan fingerprint density at radius 2 is 1.43 bits per heavy atom. The van der Waals surface area contributed by atoms with E-state index in [-0.39, 0.29) is 115 Å². The van der Waals surface area contributed by atoms with E-state index in [1.54, 1.807) is 13.0 Å². The molecule has 2 aromatic carbocycles. The molecule has 6 atom stereocenters. The Bertz CT molecular complexity index is 2620.